The van der Waals surface area contributed by atoms with Crippen molar-refractivity contribution in [3.05, 3.63) is 70.8 Å². The molecule has 0 N–H and O–H groups in total. The Labute approximate surface area is 260 Å². The quantitative estimate of drug-likeness (QED) is 0.459. The summed E-state index contributed by atoms with van der Waals surface area (Å²) in [4.78, 5) is 83.8. The van der Waals surface area contributed by atoms with Crippen molar-refractivity contribution in [3.8, 4) is 0 Å². The molecule has 238 valence electrons. The highest BCUT2D eigenvalue weighted by atomic mass is 16.5. The standard InChI is InChI=1S/C32H36N4O9/c1-21(35-29(39)23-7-3-4-8-24(23)30(35)40)27(37)33-11-15-43-16-12-34(14-18-45-20-19-44-17-13-33)28(38)22(2)36-31(41)25-9-5-6-10-26(25)32(36)42/h3-10,21-22H,11-20H2,1-2H3/t21-,22-/m0/s1. The molecule has 0 radical (unpaired) electrons. The molecule has 0 saturated carbocycles. The zero-order chi connectivity index (χ0) is 32.1. The zero-order valence-corrected chi connectivity index (χ0v) is 25.3. The van der Waals surface area contributed by atoms with Gasteiger partial charge in [0.15, 0.2) is 0 Å². The number of hydrogen-bond acceptors (Lipinski definition) is 9. The van der Waals surface area contributed by atoms with Crippen LogP contribution in [0.2, 0.25) is 0 Å². The van der Waals surface area contributed by atoms with Gasteiger partial charge in [0.2, 0.25) is 11.8 Å². The number of amides is 6. The Balaban J connectivity index is 1.21. The lowest BCUT2D eigenvalue weighted by atomic mass is 10.1. The summed E-state index contributed by atoms with van der Waals surface area (Å²) in [6.45, 7) is 4.89. The Morgan fingerprint density at radius 3 is 1.07 bits per heavy atom. The molecule has 0 unspecified atom stereocenters. The molecule has 45 heavy (non-hydrogen) atoms. The lowest BCUT2D eigenvalue weighted by Gasteiger charge is -2.30. The van der Waals surface area contributed by atoms with E-state index in [4.69, 9.17) is 14.2 Å². The number of nitrogens with zero attached hydrogens (tertiary/aromatic N) is 4. The summed E-state index contributed by atoms with van der Waals surface area (Å²) in [5, 5.41) is 0. The van der Waals surface area contributed by atoms with E-state index in [2.05, 4.69) is 0 Å². The third-order valence-electron chi connectivity index (χ3n) is 8.16. The minimum absolute atomic E-state index is 0.118. The number of hydrogen-bond donors (Lipinski definition) is 0. The molecular formula is C32H36N4O9. The maximum absolute atomic E-state index is 13.5. The summed E-state index contributed by atoms with van der Waals surface area (Å²) in [6.07, 6.45) is 0. The average molecular weight is 621 g/mol. The topological polar surface area (TPSA) is 143 Å². The maximum atomic E-state index is 13.5. The fraction of sp³-hybridized carbons (Fsp3) is 0.438. The summed E-state index contributed by atoms with van der Waals surface area (Å²) >= 11 is 0. The largest absolute Gasteiger partial charge is 0.378 e. The van der Waals surface area contributed by atoms with E-state index >= 15 is 0 Å². The van der Waals surface area contributed by atoms with Gasteiger partial charge in [0.25, 0.3) is 23.6 Å². The van der Waals surface area contributed by atoms with Gasteiger partial charge in [-0.05, 0) is 38.1 Å². The molecule has 13 nitrogen and oxygen atoms in total. The molecule has 5 rings (SSSR count). The monoisotopic (exact) mass is 620 g/mol. The molecule has 3 heterocycles. The van der Waals surface area contributed by atoms with E-state index in [9.17, 15) is 28.8 Å². The normalized spacial score (nSPS) is 20.0. The Morgan fingerprint density at radius 2 is 0.778 bits per heavy atom. The summed E-state index contributed by atoms with van der Waals surface area (Å²) in [7, 11) is 0. The maximum Gasteiger partial charge on any atom is 0.262 e. The second-order valence-electron chi connectivity index (χ2n) is 10.9. The van der Waals surface area contributed by atoms with E-state index in [1.54, 1.807) is 48.5 Å². The molecule has 0 bridgehead atoms. The summed E-state index contributed by atoms with van der Waals surface area (Å²) < 4.78 is 17.1. The van der Waals surface area contributed by atoms with E-state index in [-0.39, 0.29) is 88.1 Å². The number of carbonyl (C=O) groups is 6. The lowest BCUT2D eigenvalue weighted by Crippen LogP contribution is -2.51. The molecule has 1 fully saturated rings. The van der Waals surface area contributed by atoms with E-state index in [0.717, 1.165) is 9.80 Å². The van der Waals surface area contributed by atoms with Crippen LogP contribution in [0, 0.1) is 0 Å². The van der Waals surface area contributed by atoms with E-state index in [1.165, 1.54) is 23.6 Å². The van der Waals surface area contributed by atoms with Gasteiger partial charge in [-0.2, -0.15) is 0 Å². The van der Waals surface area contributed by atoms with Gasteiger partial charge in [-0.15, -0.1) is 0 Å². The molecule has 2 aromatic carbocycles. The summed E-state index contributed by atoms with van der Waals surface area (Å²) in [5.41, 5.74) is 1.06. The predicted molar refractivity (Wildman–Crippen MR) is 158 cm³/mol. The van der Waals surface area contributed by atoms with Crippen LogP contribution in [0.5, 0.6) is 0 Å². The molecule has 3 aliphatic rings. The van der Waals surface area contributed by atoms with Gasteiger partial charge in [0.1, 0.15) is 12.1 Å². The van der Waals surface area contributed by atoms with Crippen molar-refractivity contribution >= 4 is 35.4 Å². The smallest absolute Gasteiger partial charge is 0.262 e. The molecule has 2 aromatic rings. The van der Waals surface area contributed by atoms with Crippen LogP contribution >= 0.6 is 0 Å². The molecule has 0 spiro atoms. The number of carbonyl (C=O) groups excluding carboxylic acids is 6. The molecule has 0 aliphatic carbocycles. The van der Waals surface area contributed by atoms with Crippen molar-refractivity contribution in [1.29, 1.82) is 0 Å². The summed E-state index contributed by atoms with van der Waals surface area (Å²) in [5.74, 6) is -2.91. The van der Waals surface area contributed by atoms with Crippen molar-refractivity contribution in [1.82, 2.24) is 19.6 Å². The highest BCUT2D eigenvalue weighted by Crippen LogP contribution is 2.26. The second kappa shape index (κ2) is 14.1. The summed E-state index contributed by atoms with van der Waals surface area (Å²) in [6, 6.07) is 10.8. The minimum atomic E-state index is -1.04. The van der Waals surface area contributed by atoms with Crippen LogP contribution in [-0.2, 0) is 23.8 Å². The predicted octanol–water partition coefficient (Wildman–Crippen LogP) is 1.08. The second-order valence-corrected chi connectivity index (χ2v) is 10.9. The fourth-order valence-electron chi connectivity index (χ4n) is 5.66. The first kappa shape index (κ1) is 31.9. The highest BCUT2D eigenvalue weighted by Gasteiger charge is 2.43. The van der Waals surface area contributed by atoms with Gasteiger partial charge in [0.05, 0.1) is 61.9 Å². The number of ether oxygens (including phenoxy) is 3. The number of benzene rings is 2. The first-order valence-electron chi connectivity index (χ1n) is 15.0. The van der Waals surface area contributed by atoms with Crippen molar-refractivity contribution in [2.45, 2.75) is 25.9 Å². The number of rotatable bonds is 4. The van der Waals surface area contributed by atoms with E-state index in [1.807, 2.05) is 0 Å². The molecule has 3 aliphatic heterocycles. The van der Waals surface area contributed by atoms with Crippen LogP contribution in [0.1, 0.15) is 55.3 Å². The molecule has 6 amide bonds. The van der Waals surface area contributed by atoms with Gasteiger partial charge in [0, 0.05) is 26.2 Å². The van der Waals surface area contributed by atoms with Gasteiger partial charge in [-0.3, -0.25) is 38.6 Å². The Kier molecular flexibility index (Phi) is 10.0. The molecular weight excluding hydrogens is 584 g/mol. The van der Waals surface area contributed by atoms with Crippen molar-refractivity contribution < 1.29 is 43.0 Å². The molecule has 2 atom stereocenters. The minimum Gasteiger partial charge on any atom is -0.378 e. The van der Waals surface area contributed by atoms with Crippen molar-refractivity contribution in [2.75, 3.05) is 65.8 Å². The van der Waals surface area contributed by atoms with Gasteiger partial charge >= 0.3 is 0 Å². The highest BCUT2D eigenvalue weighted by molar-refractivity contribution is 6.23. The van der Waals surface area contributed by atoms with E-state index in [0.29, 0.717) is 0 Å². The Morgan fingerprint density at radius 1 is 0.511 bits per heavy atom. The molecule has 1 saturated heterocycles. The Hall–Kier alpha value is -4.46. The number of imide groups is 2. The van der Waals surface area contributed by atoms with Crippen LogP contribution in [0.15, 0.2) is 48.5 Å². The SMILES string of the molecule is C[C@@H](C(=O)N1CCOCCOCCN(C(=O)[C@H](C)N2C(=O)c3ccccc3C2=O)CCOCC1)N1C(=O)c2ccccc2C1=O. The molecule has 0 aromatic heterocycles. The fourth-order valence-corrected chi connectivity index (χ4v) is 5.66. The van der Waals surface area contributed by atoms with Crippen LogP contribution in [0.3, 0.4) is 0 Å². The number of fused-ring (bicyclic) bond motifs is 2. The van der Waals surface area contributed by atoms with Gasteiger partial charge in [-0.25, -0.2) is 0 Å². The average Bonchev–Trinajstić information content (AvgIpc) is 3.45. The van der Waals surface area contributed by atoms with Crippen LogP contribution in [0.4, 0.5) is 0 Å². The zero-order valence-electron chi connectivity index (χ0n) is 25.3. The van der Waals surface area contributed by atoms with Crippen molar-refractivity contribution in [3.63, 3.8) is 0 Å². The Bertz CT molecular complexity index is 1310. The first-order chi connectivity index (χ1) is 21.7. The third-order valence-corrected chi connectivity index (χ3v) is 8.16. The van der Waals surface area contributed by atoms with Crippen LogP contribution < -0.4 is 0 Å². The van der Waals surface area contributed by atoms with Crippen LogP contribution in [0.25, 0.3) is 0 Å². The molecule has 13 heteroatoms. The first-order valence-corrected chi connectivity index (χ1v) is 15.0. The van der Waals surface area contributed by atoms with Gasteiger partial charge < -0.3 is 24.0 Å². The lowest BCUT2D eigenvalue weighted by molar-refractivity contribution is -0.136. The van der Waals surface area contributed by atoms with E-state index < -0.39 is 47.5 Å². The van der Waals surface area contributed by atoms with Gasteiger partial charge in [-0.1, -0.05) is 24.3 Å². The van der Waals surface area contributed by atoms with Crippen molar-refractivity contribution in [2.24, 2.45) is 0 Å². The van der Waals surface area contributed by atoms with Crippen LogP contribution in [-0.4, -0.2) is 133 Å². The third kappa shape index (κ3) is 6.51.